The minimum absolute atomic E-state index is 0.602. The molecular weight excluding hydrogens is 246 g/mol. The minimum atomic E-state index is 0.602. The highest BCUT2D eigenvalue weighted by atomic mass is 32.1. The Hall–Kier alpha value is -1.72. The van der Waals surface area contributed by atoms with E-state index in [4.69, 9.17) is 4.52 Å². The van der Waals surface area contributed by atoms with E-state index in [0.717, 1.165) is 6.54 Å². The lowest BCUT2D eigenvalue weighted by atomic mass is 10.2. The first-order chi connectivity index (χ1) is 8.83. The minimum Gasteiger partial charge on any atom is -0.338 e. The molecule has 0 aliphatic heterocycles. The Labute approximate surface area is 109 Å². The van der Waals surface area contributed by atoms with Crippen LogP contribution in [-0.4, -0.2) is 10.1 Å². The van der Waals surface area contributed by atoms with Gasteiger partial charge in [-0.2, -0.15) is 4.98 Å². The zero-order chi connectivity index (χ0) is 12.4. The van der Waals surface area contributed by atoms with Gasteiger partial charge in [0.15, 0.2) is 5.82 Å². The molecule has 0 spiro atoms. The Morgan fingerprint density at radius 2 is 2.17 bits per heavy atom. The van der Waals surface area contributed by atoms with Crippen LogP contribution in [-0.2, 0) is 13.1 Å². The number of aromatic nitrogens is 2. The van der Waals surface area contributed by atoms with Crippen LogP contribution in [0.15, 0.2) is 34.2 Å². The molecular formula is C13H13N3OS. The Morgan fingerprint density at radius 1 is 1.28 bits per heavy atom. The van der Waals surface area contributed by atoms with Gasteiger partial charge in [-0.1, -0.05) is 23.4 Å². The first-order valence-electron chi connectivity index (χ1n) is 5.78. The average Bonchev–Trinajstić information content (AvgIpc) is 2.97. The second kappa shape index (κ2) is 4.88. The van der Waals surface area contributed by atoms with E-state index in [1.165, 1.54) is 15.6 Å². The molecule has 2 aromatic heterocycles. The predicted molar refractivity (Wildman–Crippen MR) is 71.4 cm³/mol. The Balaban J connectivity index is 1.66. The van der Waals surface area contributed by atoms with Gasteiger partial charge in [-0.15, -0.1) is 11.3 Å². The topological polar surface area (TPSA) is 51.0 Å². The fourth-order valence-corrected chi connectivity index (χ4v) is 2.85. The van der Waals surface area contributed by atoms with Crippen molar-refractivity contribution in [1.29, 1.82) is 0 Å². The molecule has 5 heteroatoms. The second-order valence-corrected chi connectivity index (χ2v) is 5.01. The number of aryl methyl sites for hydroxylation is 1. The summed E-state index contributed by atoms with van der Waals surface area (Å²) < 4.78 is 6.37. The fourth-order valence-electron chi connectivity index (χ4n) is 1.89. The first kappa shape index (κ1) is 11.4. The van der Waals surface area contributed by atoms with Crippen LogP contribution in [0, 0.1) is 6.92 Å². The summed E-state index contributed by atoms with van der Waals surface area (Å²) in [4.78, 5) is 4.15. The number of thiophene rings is 1. The summed E-state index contributed by atoms with van der Waals surface area (Å²) in [6, 6.07) is 8.43. The highest BCUT2D eigenvalue weighted by Crippen LogP contribution is 2.25. The lowest BCUT2D eigenvalue weighted by Crippen LogP contribution is -2.12. The van der Waals surface area contributed by atoms with Crippen molar-refractivity contribution in [2.75, 3.05) is 0 Å². The van der Waals surface area contributed by atoms with Gasteiger partial charge in [0.05, 0.1) is 6.54 Å². The van der Waals surface area contributed by atoms with Crippen molar-refractivity contribution in [3.63, 3.8) is 0 Å². The number of rotatable bonds is 4. The monoisotopic (exact) mass is 259 g/mol. The van der Waals surface area contributed by atoms with Crippen LogP contribution in [0.25, 0.3) is 10.1 Å². The third-order valence-corrected chi connectivity index (χ3v) is 3.73. The molecule has 2 heterocycles. The molecule has 0 aliphatic carbocycles. The molecule has 3 aromatic rings. The summed E-state index contributed by atoms with van der Waals surface area (Å²) in [6.45, 7) is 3.23. The summed E-state index contributed by atoms with van der Waals surface area (Å²) in [5, 5.41) is 10.6. The largest absolute Gasteiger partial charge is 0.338 e. The molecule has 0 fully saturated rings. The van der Waals surface area contributed by atoms with Gasteiger partial charge >= 0.3 is 0 Å². The molecule has 0 atom stereocenters. The molecule has 92 valence electrons. The van der Waals surface area contributed by atoms with Crippen LogP contribution in [0.3, 0.4) is 0 Å². The quantitative estimate of drug-likeness (QED) is 0.782. The summed E-state index contributed by atoms with van der Waals surface area (Å²) >= 11 is 1.77. The number of nitrogens with one attached hydrogen (secondary N) is 1. The van der Waals surface area contributed by atoms with Crippen molar-refractivity contribution < 1.29 is 4.52 Å². The summed E-state index contributed by atoms with van der Waals surface area (Å²) in [6.07, 6.45) is 0. The van der Waals surface area contributed by atoms with E-state index in [1.807, 2.05) is 6.92 Å². The van der Waals surface area contributed by atoms with Crippen LogP contribution in [0.5, 0.6) is 0 Å². The SMILES string of the molecule is Cc1noc(CNCc2csc3ccccc23)n1. The third-order valence-electron chi connectivity index (χ3n) is 2.72. The molecule has 0 aliphatic rings. The molecule has 1 aromatic carbocycles. The molecule has 0 bridgehead atoms. The van der Waals surface area contributed by atoms with Gasteiger partial charge in [-0.25, -0.2) is 0 Å². The third kappa shape index (κ3) is 2.27. The van der Waals surface area contributed by atoms with E-state index in [-0.39, 0.29) is 0 Å². The second-order valence-electron chi connectivity index (χ2n) is 4.10. The Kier molecular flexibility index (Phi) is 3.08. The highest BCUT2D eigenvalue weighted by Gasteiger charge is 2.05. The van der Waals surface area contributed by atoms with Crippen molar-refractivity contribution in [3.05, 3.63) is 46.9 Å². The van der Waals surface area contributed by atoms with Crippen LogP contribution < -0.4 is 5.32 Å². The summed E-state index contributed by atoms with van der Waals surface area (Å²) in [5.41, 5.74) is 1.31. The molecule has 0 amide bonds. The predicted octanol–water partition coefficient (Wildman–Crippen LogP) is 2.88. The number of benzene rings is 1. The normalized spacial score (nSPS) is 11.2. The van der Waals surface area contributed by atoms with Crippen molar-refractivity contribution >= 4 is 21.4 Å². The van der Waals surface area contributed by atoms with E-state index in [0.29, 0.717) is 18.3 Å². The molecule has 18 heavy (non-hydrogen) atoms. The number of hydrogen-bond acceptors (Lipinski definition) is 5. The van der Waals surface area contributed by atoms with Gasteiger partial charge in [-0.05, 0) is 29.3 Å². The molecule has 4 nitrogen and oxygen atoms in total. The van der Waals surface area contributed by atoms with E-state index in [9.17, 15) is 0 Å². The molecule has 1 N–H and O–H groups in total. The van der Waals surface area contributed by atoms with Crippen molar-refractivity contribution in [2.24, 2.45) is 0 Å². The van der Waals surface area contributed by atoms with Crippen LogP contribution in [0.1, 0.15) is 17.3 Å². The maximum absolute atomic E-state index is 5.05. The smallest absolute Gasteiger partial charge is 0.240 e. The molecule has 0 saturated carbocycles. The van der Waals surface area contributed by atoms with Gasteiger partial charge in [0.25, 0.3) is 0 Å². The van der Waals surface area contributed by atoms with E-state index < -0.39 is 0 Å². The molecule has 3 rings (SSSR count). The Bertz CT molecular complexity index is 659. The summed E-state index contributed by atoms with van der Waals surface area (Å²) in [7, 11) is 0. The zero-order valence-corrected chi connectivity index (χ0v) is 10.8. The van der Waals surface area contributed by atoms with Crippen LogP contribution >= 0.6 is 11.3 Å². The van der Waals surface area contributed by atoms with Crippen molar-refractivity contribution in [1.82, 2.24) is 15.5 Å². The maximum atomic E-state index is 5.05. The standard InChI is InChI=1S/C13H13N3OS/c1-9-15-13(17-16-9)7-14-6-10-8-18-12-5-3-2-4-11(10)12/h2-5,8,14H,6-7H2,1H3. The van der Waals surface area contributed by atoms with Gasteiger partial charge < -0.3 is 9.84 Å². The number of nitrogens with zero attached hydrogens (tertiary/aromatic N) is 2. The van der Waals surface area contributed by atoms with Gasteiger partial charge in [-0.3, -0.25) is 0 Å². The number of fused-ring (bicyclic) bond motifs is 1. The maximum Gasteiger partial charge on any atom is 0.240 e. The van der Waals surface area contributed by atoms with Crippen molar-refractivity contribution in [2.45, 2.75) is 20.0 Å². The lowest BCUT2D eigenvalue weighted by Gasteiger charge is -2.00. The van der Waals surface area contributed by atoms with Crippen molar-refractivity contribution in [3.8, 4) is 0 Å². The van der Waals surface area contributed by atoms with Crippen LogP contribution in [0.2, 0.25) is 0 Å². The molecule has 0 saturated heterocycles. The van der Waals surface area contributed by atoms with Crippen LogP contribution in [0.4, 0.5) is 0 Å². The van der Waals surface area contributed by atoms with E-state index >= 15 is 0 Å². The average molecular weight is 259 g/mol. The first-order valence-corrected chi connectivity index (χ1v) is 6.66. The Morgan fingerprint density at radius 3 is 3.00 bits per heavy atom. The lowest BCUT2D eigenvalue weighted by molar-refractivity contribution is 0.364. The zero-order valence-electron chi connectivity index (χ0n) is 10.0. The fraction of sp³-hybridized carbons (Fsp3) is 0.231. The molecule has 0 radical (unpaired) electrons. The van der Waals surface area contributed by atoms with E-state index in [2.05, 4.69) is 45.1 Å². The molecule has 0 unspecified atom stereocenters. The van der Waals surface area contributed by atoms with Gasteiger partial charge in [0.1, 0.15) is 0 Å². The number of hydrogen-bond donors (Lipinski definition) is 1. The van der Waals surface area contributed by atoms with Gasteiger partial charge in [0, 0.05) is 11.2 Å². The van der Waals surface area contributed by atoms with Gasteiger partial charge in [0.2, 0.25) is 5.89 Å². The summed E-state index contributed by atoms with van der Waals surface area (Å²) in [5.74, 6) is 1.31. The van der Waals surface area contributed by atoms with E-state index in [1.54, 1.807) is 11.3 Å². The highest BCUT2D eigenvalue weighted by molar-refractivity contribution is 7.17.